The molecule has 0 aromatic heterocycles. The van der Waals surface area contributed by atoms with Crippen LogP contribution in [0.3, 0.4) is 0 Å². The molecule has 5 heteroatoms. The Morgan fingerprint density at radius 2 is 2.14 bits per heavy atom. The van der Waals surface area contributed by atoms with E-state index < -0.39 is 0 Å². The van der Waals surface area contributed by atoms with E-state index in [-0.39, 0.29) is 17.5 Å². The number of oxime groups is 1. The minimum absolute atomic E-state index is 0.00866. The Morgan fingerprint density at radius 1 is 1.41 bits per heavy atom. The highest BCUT2D eigenvalue weighted by Gasteiger charge is 2.31. The van der Waals surface area contributed by atoms with Gasteiger partial charge >= 0.3 is 0 Å². The number of Topliss-reactive ketones (excluding diaryl/α,β-unsaturated/α-hetero) is 1. The highest BCUT2D eigenvalue weighted by atomic mass is 32.2. The highest BCUT2D eigenvalue weighted by molar-refractivity contribution is 7.99. The minimum Gasteiger partial charge on any atom is -0.511 e. The number of thioether (sulfide) groups is 1. The van der Waals surface area contributed by atoms with Gasteiger partial charge < -0.3 is 9.94 Å². The fourth-order valence-corrected chi connectivity index (χ4v) is 3.86. The van der Waals surface area contributed by atoms with Gasteiger partial charge in [0.15, 0.2) is 5.78 Å². The van der Waals surface area contributed by atoms with Gasteiger partial charge in [-0.1, -0.05) is 32.3 Å². The average molecular weight is 327 g/mol. The predicted octanol–water partition coefficient (Wildman–Crippen LogP) is 4.50. The molecule has 1 N–H and O–H groups in total. The van der Waals surface area contributed by atoms with E-state index in [1.807, 2.05) is 25.6 Å². The second kappa shape index (κ2) is 9.93. The highest BCUT2D eigenvalue weighted by Crippen LogP contribution is 2.32. The third-order valence-electron chi connectivity index (χ3n) is 3.72. The van der Waals surface area contributed by atoms with Crippen LogP contribution in [-0.2, 0) is 9.63 Å². The number of allylic oxidation sites excluding steroid dienone is 2. The summed E-state index contributed by atoms with van der Waals surface area (Å²) in [5, 5.41) is 14.9. The van der Waals surface area contributed by atoms with Crippen molar-refractivity contribution in [3.05, 3.63) is 11.3 Å². The number of rotatable bonds is 9. The van der Waals surface area contributed by atoms with Gasteiger partial charge in [0.1, 0.15) is 12.4 Å². The van der Waals surface area contributed by atoms with Crippen molar-refractivity contribution in [1.82, 2.24) is 0 Å². The summed E-state index contributed by atoms with van der Waals surface area (Å²) in [5.41, 5.74) is 1.00. The van der Waals surface area contributed by atoms with Crippen LogP contribution in [0, 0.1) is 5.92 Å². The van der Waals surface area contributed by atoms with Gasteiger partial charge in [0.05, 0.1) is 11.3 Å². The average Bonchev–Trinajstić information content (AvgIpc) is 2.44. The molecule has 0 fully saturated rings. The molecule has 0 aliphatic heterocycles. The topological polar surface area (TPSA) is 58.9 Å². The van der Waals surface area contributed by atoms with E-state index in [1.165, 1.54) is 0 Å². The van der Waals surface area contributed by atoms with Crippen LogP contribution in [0.25, 0.3) is 0 Å². The fourth-order valence-electron chi connectivity index (χ4n) is 2.88. The van der Waals surface area contributed by atoms with Crippen molar-refractivity contribution >= 4 is 23.3 Å². The number of hydrogen-bond acceptors (Lipinski definition) is 5. The van der Waals surface area contributed by atoms with Crippen LogP contribution in [0.2, 0.25) is 0 Å². The van der Waals surface area contributed by atoms with Crippen LogP contribution in [-0.4, -0.2) is 34.2 Å². The third-order valence-corrected chi connectivity index (χ3v) is 4.81. The molecule has 2 atom stereocenters. The van der Waals surface area contributed by atoms with Crippen molar-refractivity contribution in [1.29, 1.82) is 0 Å². The second-order valence-corrected chi connectivity index (χ2v) is 7.44. The first-order chi connectivity index (χ1) is 10.5. The second-order valence-electron chi connectivity index (χ2n) is 5.73. The number of carbonyl (C=O) groups excluding carboxylic acids is 1. The summed E-state index contributed by atoms with van der Waals surface area (Å²) in [6, 6.07) is 0. The number of aliphatic hydroxyl groups is 1. The largest absolute Gasteiger partial charge is 0.511 e. The van der Waals surface area contributed by atoms with Crippen LogP contribution in [0.4, 0.5) is 0 Å². The molecule has 1 aliphatic rings. The lowest BCUT2D eigenvalue weighted by Gasteiger charge is -2.25. The molecule has 0 heterocycles. The lowest BCUT2D eigenvalue weighted by molar-refractivity contribution is -0.116. The Hall–Kier alpha value is -0.970. The molecule has 126 valence electrons. The molecule has 0 radical (unpaired) electrons. The van der Waals surface area contributed by atoms with Gasteiger partial charge in [-0.25, -0.2) is 0 Å². The van der Waals surface area contributed by atoms with E-state index in [0.717, 1.165) is 18.6 Å². The van der Waals surface area contributed by atoms with Crippen LogP contribution in [0.5, 0.6) is 0 Å². The Balaban J connectivity index is 2.85. The fraction of sp³-hybridized carbons (Fsp3) is 0.765. The van der Waals surface area contributed by atoms with E-state index in [0.29, 0.717) is 42.4 Å². The lowest BCUT2D eigenvalue weighted by Crippen LogP contribution is -2.26. The molecular formula is C17H29NO3S. The van der Waals surface area contributed by atoms with Crippen molar-refractivity contribution in [2.75, 3.05) is 12.4 Å². The predicted molar refractivity (Wildman–Crippen MR) is 93.6 cm³/mol. The van der Waals surface area contributed by atoms with Gasteiger partial charge in [0.25, 0.3) is 0 Å². The molecule has 0 unspecified atom stereocenters. The summed E-state index contributed by atoms with van der Waals surface area (Å²) in [5.74, 6) is 1.52. The molecule has 0 saturated heterocycles. The van der Waals surface area contributed by atoms with Crippen molar-refractivity contribution < 1.29 is 14.7 Å². The molecule has 0 bridgehead atoms. The Bertz CT molecular complexity index is 432. The molecule has 22 heavy (non-hydrogen) atoms. The SMILES string of the molecule is CCCC(=NOCC)C1=C(O)C[C@H](C[C@@H](C)SCC)CC1=O. The summed E-state index contributed by atoms with van der Waals surface area (Å²) in [4.78, 5) is 17.6. The van der Waals surface area contributed by atoms with Crippen LogP contribution in [0.1, 0.15) is 59.8 Å². The van der Waals surface area contributed by atoms with Crippen LogP contribution >= 0.6 is 11.8 Å². The molecule has 0 aromatic rings. The Kier molecular flexibility index (Phi) is 8.61. The van der Waals surface area contributed by atoms with E-state index in [2.05, 4.69) is 19.0 Å². The molecule has 0 saturated carbocycles. The molecule has 1 rings (SSSR count). The number of ketones is 1. The van der Waals surface area contributed by atoms with Crippen molar-refractivity contribution in [2.45, 2.75) is 65.0 Å². The number of hydrogen-bond donors (Lipinski definition) is 1. The summed E-state index contributed by atoms with van der Waals surface area (Å²) in [6.45, 7) is 8.67. The van der Waals surface area contributed by atoms with Crippen molar-refractivity contribution in [3.63, 3.8) is 0 Å². The molecule has 0 amide bonds. The van der Waals surface area contributed by atoms with E-state index in [4.69, 9.17) is 4.84 Å². The quantitative estimate of drug-likeness (QED) is 0.500. The minimum atomic E-state index is 0.00866. The van der Waals surface area contributed by atoms with Gasteiger partial charge in [-0.2, -0.15) is 11.8 Å². The molecule has 1 aliphatic carbocycles. The zero-order valence-corrected chi connectivity index (χ0v) is 15.0. The number of carbonyl (C=O) groups is 1. The van der Waals surface area contributed by atoms with Gasteiger partial charge in [0, 0.05) is 18.1 Å². The summed E-state index contributed by atoms with van der Waals surface area (Å²) in [6.07, 6.45) is 3.56. The van der Waals surface area contributed by atoms with E-state index in [9.17, 15) is 9.90 Å². The summed E-state index contributed by atoms with van der Waals surface area (Å²) in [7, 11) is 0. The van der Waals surface area contributed by atoms with Gasteiger partial charge in [-0.05, 0) is 31.4 Å². The lowest BCUT2D eigenvalue weighted by atomic mass is 9.82. The standard InChI is InChI=1S/C17H29NO3S/c1-5-8-14(18-21-6-2)17-15(19)10-13(11-16(17)20)9-12(4)22-7-3/h12-13,19H,5-11H2,1-4H3/t12-,13+/m1/s1. The van der Waals surface area contributed by atoms with Gasteiger partial charge in [-0.15, -0.1) is 0 Å². The number of aliphatic hydroxyl groups excluding tert-OH is 1. The van der Waals surface area contributed by atoms with E-state index >= 15 is 0 Å². The van der Waals surface area contributed by atoms with Crippen molar-refractivity contribution in [3.8, 4) is 0 Å². The molecular weight excluding hydrogens is 298 g/mol. The maximum atomic E-state index is 12.5. The van der Waals surface area contributed by atoms with Gasteiger partial charge in [-0.3, -0.25) is 4.79 Å². The smallest absolute Gasteiger partial charge is 0.168 e. The first-order valence-corrected chi connectivity index (χ1v) is 9.34. The third kappa shape index (κ3) is 5.67. The monoisotopic (exact) mass is 327 g/mol. The first kappa shape index (κ1) is 19.1. The maximum absolute atomic E-state index is 12.5. The Labute approximate surface area is 138 Å². The van der Waals surface area contributed by atoms with Crippen molar-refractivity contribution in [2.24, 2.45) is 11.1 Å². The molecule has 0 aromatic carbocycles. The van der Waals surface area contributed by atoms with E-state index in [1.54, 1.807) is 0 Å². The zero-order chi connectivity index (χ0) is 16.5. The summed E-state index contributed by atoms with van der Waals surface area (Å²) < 4.78 is 0. The maximum Gasteiger partial charge on any atom is 0.168 e. The molecule has 0 spiro atoms. The number of nitrogens with zero attached hydrogens (tertiary/aromatic N) is 1. The Morgan fingerprint density at radius 3 is 2.68 bits per heavy atom. The van der Waals surface area contributed by atoms with Gasteiger partial charge in [0.2, 0.25) is 0 Å². The molecule has 4 nitrogen and oxygen atoms in total. The zero-order valence-electron chi connectivity index (χ0n) is 14.2. The summed E-state index contributed by atoms with van der Waals surface area (Å²) >= 11 is 1.90. The normalized spacial score (nSPS) is 21.2. The van der Waals surface area contributed by atoms with Crippen LogP contribution < -0.4 is 0 Å². The first-order valence-electron chi connectivity index (χ1n) is 8.29. The van der Waals surface area contributed by atoms with Crippen LogP contribution in [0.15, 0.2) is 16.5 Å².